The van der Waals surface area contributed by atoms with Gasteiger partial charge in [0.1, 0.15) is 0 Å². The number of piperidine rings is 1. The zero-order chi connectivity index (χ0) is 21.3. The first-order valence-corrected chi connectivity index (χ1v) is 13.5. The molecule has 6 nitrogen and oxygen atoms in total. The van der Waals surface area contributed by atoms with Crippen LogP contribution in [0.5, 0.6) is 0 Å². The van der Waals surface area contributed by atoms with Crippen LogP contribution in [0.1, 0.15) is 57.8 Å². The van der Waals surface area contributed by atoms with Crippen molar-refractivity contribution < 1.29 is 13.2 Å². The Labute approximate surface area is 185 Å². The van der Waals surface area contributed by atoms with Crippen LogP contribution in [0.4, 0.5) is 4.79 Å². The van der Waals surface area contributed by atoms with Crippen LogP contribution < -0.4 is 10.6 Å². The standard InChI is InChI=1S/C24H33N3O3S/c28-22(26-24-14-18-10-17-11-19(15-24)23(24,12-17)13-18)25-16-20-6-4-5-9-27(20)31(29,30)21-7-2-1-3-8-21/h1-3,7-8,17-20H,4-6,9-16H2,(H2,25,26,28)/t17?,18-,19-,20?,23?,24?/m1/s1. The number of fused-ring (bicyclic) bond motifs is 2. The van der Waals surface area contributed by atoms with E-state index < -0.39 is 10.0 Å². The van der Waals surface area contributed by atoms with Gasteiger partial charge in [-0.15, -0.1) is 0 Å². The van der Waals surface area contributed by atoms with Gasteiger partial charge in [0.15, 0.2) is 0 Å². The SMILES string of the molecule is O=C(NCC1CCCCN1S(=O)(=O)c1ccccc1)NC12C[C@@H]3CC4C[C@H](C1)C2(C4)C3. The fourth-order valence-electron chi connectivity index (χ4n) is 8.30. The van der Waals surface area contributed by atoms with Gasteiger partial charge in [-0.2, -0.15) is 4.31 Å². The first-order chi connectivity index (χ1) is 14.9. The number of carbonyl (C=O) groups is 1. The summed E-state index contributed by atoms with van der Waals surface area (Å²) in [5, 5.41) is 6.48. The molecule has 1 aromatic rings. The van der Waals surface area contributed by atoms with E-state index in [1.807, 2.05) is 6.07 Å². The monoisotopic (exact) mass is 443 g/mol. The maximum absolute atomic E-state index is 13.2. The summed E-state index contributed by atoms with van der Waals surface area (Å²) in [6, 6.07) is 8.35. The van der Waals surface area contributed by atoms with E-state index in [9.17, 15) is 13.2 Å². The topological polar surface area (TPSA) is 78.5 Å². The average Bonchev–Trinajstić information content (AvgIpc) is 3.08. The Balaban J connectivity index is 1.12. The number of nitrogens with zero attached hydrogens (tertiary/aromatic N) is 1. The number of hydrogen-bond donors (Lipinski definition) is 2. The smallest absolute Gasteiger partial charge is 0.315 e. The molecule has 1 aromatic carbocycles. The number of amides is 2. The van der Waals surface area contributed by atoms with Crippen molar-refractivity contribution in [3.63, 3.8) is 0 Å². The van der Waals surface area contributed by atoms with Crippen LogP contribution in [-0.4, -0.2) is 43.4 Å². The number of benzene rings is 1. The van der Waals surface area contributed by atoms with E-state index in [0.717, 1.165) is 49.9 Å². The molecule has 0 aromatic heterocycles. The van der Waals surface area contributed by atoms with Gasteiger partial charge >= 0.3 is 6.03 Å². The van der Waals surface area contributed by atoms with E-state index in [1.165, 1.54) is 25.7 Å². The summed E-state index contributed by atoms with van der Waals surface area (Å²) in [6.45, 7) is 0.888. The Bertz CT molecular complexity index is 977. The molecule has 1 aliphatic heterocycles. The molecule has 4 unspecified atom stereocenters. The van der Waals surface area contributed by atoms with Gasteiger partial charge in [0.2, 0.25) is 10.0 Å². The molecule has 6 rings (SSSR count). The van der Waals surface area contributed by atoms with Gasteiger partial charge in [0.05, 0.1) is 4.90 Å². The van der Waals surface area contributed by atoms with Crippen molar-refractivity contribution in [1.82, 2.24) is 14.9 Å². The minimum Gasteiger partial charge on any atom is -0.337 e. The largest absolute Gasteiger partial charge is 0.337 e. The number of urea groups is 1. The number of rotatable bonds is 5. The van der Waals surface area contributed by atoms with Gasteiger partial charge in [-0.05, 0) is 86.7 Å². The zero-order valence-electron chi connectivity index (χ0n) is 18.1. The highest BCUT2D eigenvalue weighted by Crippen LogP contribution is 2.77. The van der Waals surface area contributed by atoms with E-state index in [-0.39, 0.29) is 17.6 Å². The Morgan fingerprint density at radius 1 is 1.03 bits per heavy atom. The fourth-order valence-corrected chi connectivity index (χ4v) is 10.0. The third-order valence-corrected chi connectivity index (χ3v) is 11.3. The second-order valence-corrected chi connectivity index (χ2v) is 12.8. The Morgan fingerprint density at radius 3 is 2.68 bits per heavy atom. The first-order valence-electron chi connectivity index (χ1n) is 12.0. The van der Waals surface area contributed by atoms with Crippen molar-refractivity contribution in [3.05, 3.63) is 30.3 Å². The lowest BCUT2D eigenvalue weighted by atomic mass is 9.51. The number of sulfonamides is 1. The maximum atomic E-state index is 13.2. The van der Waals surface area contributed by atoms with E-state index in [1.54, 1.807) is 28.6 Å². The second kappa shape index (κ2) is 6.95. The van der Waals surface area contributed by atoms with Crippen molar-refractivity contribution in [2.24, 2.45) is 23.2 Å². The molecule has 6 atom stereocenters. The quantitative estimate of drug-likeness (QED) is 0.731. The molecule has 168 valence electrons. The van der Waals surface area contributed by atoms with Crippen LogP contribution in [0.15, 0.2) is 35.2 Å². The minimum absolute atomic E-state index is 0.0000334. The molecule has 2 N–H and O–H groups in total. The summed E-state index contributed by atoms with van der Waals surface area (Å²) in [7, 11) is -3.54. The first kappa shape index (κ1) is 20.0. The molecule has 5 fully saturated rings. The van der Waals surface area contributed by atoms with Crippen LogP contribution in [0, 0.1) is 23.2 Å². The van der Waals surface area contributed by atoms with Gasteiger partial charge in [0.25, 0.3) is 0 Å². The van der Waals surface area contributed by atoms with E-state index in [4.69, 9.17) is 0 Å². The van der Waals surface area contributed by atoms with Crippen LogP contribution >= 0.6 is 0 Å². The second-order valence-electron chi connectivity index (χ2n) is 10.9. The van der Waals surface area contributed by atoms with E-state index in [2.05, 4.69) is 10.6 Å². The predicted octanol–water partition coefficient (Wildman–Crippen LogP) is 3.50. The molecule has 1 saturated heterocycles. The van der Waals surface area contributed by atoms with Gasteiger partial charge in [-0.25, -0.2) is 13.2 Å². The molecule has 5 aliphatic rings. The van der Waals surface area contributed by atoms with Gasteiger partial charge in [0, 0.05) is 24.7 Å². The minimum atomic E-state index is -3.54. The van der Waals surface area contributed by atoms with Crippen molar-refractivity contribution in [3.8, 4) is 0 Å². The predicted molar refractivity (Wildman–Crippen MR) is 118 cm³/mol. The summed E-state index contributed by atoms with van der Waals surface area (Å²) < 4.78 is 28.0. The van der Waals surface area contributed by atoms with Crippen molar-refractivity contribution in [2.75, 3.05) is 13.1 Å². The van der Waals surface area contributed by atoms with E-state index in [0.29, 0.717) is 23.4 Å². The molecule has 3 bridgehead atoms. The summed E-state index contributed by atoms with van der Waals surface area (Å²) in [6.07, 6.45) is 10.3. The third kappa shape index (κ3) is 2.92. The van der Waals surface area contributed by atoms with Crippen LogP contribution in [0.2, 0.25) is 0 Å². The fraction of sp³-hybridized carbons (Fsp3) is 0.708. The van der Waals surface area contributed by atoms with E-state index >= 15 is 0 Å². The number of hydrogen-bond acceptors (Lipinski definition) is 3. The summed E-state index contributed by atoms with van der Waals surface area (Å²) >= 11 is 0. The molecule has 1 heterocycles. The molecular weight excluding hydrogens is 410 g/mol. The van der Waals surface area contributed by atoms with Gasteiger partial charge in [-0.3, -0.25) is 0 Å². The molecule has 7 heteroatoms. The highest BCUT2D eigenvalue weighted by atomic mass is 32.2. The lowest BCUT2D eigenvalue weighted by Gasteiger charge is -2.59. The summed E-state index contributed by atoms with van der Waals surface area (Å²) in [4.78, 5) is 13.3. The number of nitrogens with one attached hydrogen (secondary N) is 2. The van der Waals surface area contributed by atoms with Gasteiger partial charge in [-0.1, -0.05) is 24.6 Å². The Morgan fingerprint density at radius 2 is 1.84 bits per heavy atom. The van der Waals surface area contributed by atoms with Crippen molar-refractivity contribution >= 4 is 16.1 Å². The molecule has 0 radical (unpaired) electrons. The lowest BCUT2D eigenvalue weighted by Crippen LogP contribution is -2.68. The van der Waals surface area contributed by atoms with Crippen LogP contribution in [0.3, 0.4) is 0 Å². The highest BCUT2D eigenvalue weighted by Gasteiger charge is 2.74. The average molecular weight is 444 g/mol. The molecule has 1 spiro atoms. The summed E-state index contributed by atoms with van der Waals surface area (Å²) in [5.74, 6) is 2.49. The Hall–Kier alpha value is -1.60. The lowest BCUT2D eigenvalue weighted by molar-refractivity contribution is -0.0457. The molecule has 2 amide bonds. The zero-order valence-corrected chi connectivity index (χ0v) is 18.9. The third-order valence-electron chi connectivity index (χ3n) is 9.33. The van der Waals surface area contributed by atoms with Gasteiger partial charge < -0.3 is 10.6 Å². The molecular formula is C24H33N3O3S. The molecule has 4 aliphatic carbocycles. The van der Waals surface area contributed by atoms with Crippen molar-refractivity contribution in [1.29, 1.82) is 0 Å². The van der Waals surface area contributed by atoms with Crippen LogP contribution in [-0.2, 0) is 10.0 Å². The Kier molecular flexibility index (Phi) is 4.49. The highest BCUT2D eigenvalue weighted by molar-refractivity contribution is 7.89. The maximum Gasteiger partial charge on any atom is 0.315 e. The van der Waals surface area contributed by atoms with Crippen LogP contribution in [0.25, 0.3) is 0 Å². The summed E-state index contributed by atoms with van der Waals surface area (Å²) in [5.41, 5.74) is 0.367. The normalized spacial score (nSPS) is 40.9. The molecule has 31 heavy (non-hydrogen) atoms. The molecule has 4 saturated carbocycles. The van der Waals surface area contributed by atoms with Crippen molar-refractivity contribution in [2.45, 2.75) is 74.3 Å². The number of carbonyl (C=O) groups excluding carboxylic acids is 1.